The van der Waals surface area contributed by atoms with E-state index in [1.807, 2.05) is 50.3 Å². The van der Waals surface area contributed by atoms with Crippen LogP contribution in [0.4, 0.5) is 5.69 Å². The van der Waals surface area contributed by atoms with Crippen LogP contribution in [0.1, 0.15) is 37.7 Å². The monoisotopic (exact) mass is 409 g/mol. The molecule has 0 radical (unpaired) electrons. The maximum atomic E-state index is 9.73. The highest BCUT2D eigenvalue weighted by Gasteiger charge is 2.12. The van der Waals surface area contributed by atoms with Crippen molar-refractivity contribution in [3.05, 3.63) is 53.3 Å². The highest BCUT2D eigenvalue weighted by atomic mass is 35.5. The van der Waals surface area contributed by atoms with Gasteiger partial charge in [-0.25, -0.2) is 4.98 Å². The molecule has 0 unspecified atom stereocenters. The maximum absolute atomic E-state index is 9.73. The van der Waals surface area contributed by atoms with E-state index in [-0.39, 0.29) is 12.4 Å². The van der Waals surface area contributed by atoms with E-state index in [1.54, 1.807) is 0 Å². The molecule has 2 aromatic carbocycles. The molecule has 0 aliphatic carbocycles. The van der Waals surface area contributed by atoms with Crippen LogP contribution in [0.2, 0.25) is 0 Å². The maximum Gasteiger partial charge on any atom is 0.149 e. The van der Waals surface area contributed by atoms with Crippen molar-refractivity contribution in [3.8, 4) is 11.8 Å². The molecule has 0 spiro atoms. The van der Waals surface area contributed by atoms with Crippen LogP contribution in [0.15, 0.2) is 36.4 Å². The van der Waals surface area contributed by atoms with Gasteiger partial charge in [-0.05, 0) is 63.6 Å². The molecule has 0 atom stereocenters. The predicted molar refractivity (Wildman–Crippen MR) is 115 cm³/mol. The first kappa shape index (κ1) is 22.3. The molecule has 3 aromatic rings. The molecule has 0 saturated heterocycles. The van der Waals surface area contributed by atoms with Crippen LogP contribution in [0.3, 0.4) is 0 Å². The lowest BCUT2D eigenvalue weighted by atomic mass is 10.1. The normalized spacial score (nSPS) is 11.1. The molecule has 1 aromatic heterocycles. The summed E-state index contributed by atoms with van der Waals surface area (Å²) in [4.78, 5) is 10.1. The summed E-state index contributed by atoms with van der Waals surface area (Å²) in [5.41, 5.74) is 5.39. The Morgan fingerprint density at radius 3 is 2.59 bits per heavy atom. The average molecular weight is 410 g/mol. The van der Waals surface area contributed by atoms with Crippen LogP contribution in [-0.2, 0) is 0 Å². The highest BCUT2D eigenvalue weighted by Crippen LogP contribution is 2.29. The summed E-state index contributed by atoms with van der Waals surface area (Å²) in [5, 5.41) is 9.73. The number of rotatable bonds is 7. The molecule has 0 amide bonds. The molecule has 152 valence electrons. The fraction of sp³-hybridized carbons (Fsp3) is 0.304. The zero-order chi connectivity index (χ0) is 20.1. The zero-order valence-electron chi connectivity index (χ0n) is 17.3. The standard InChI is InChI=1S/C23H26N4O.ClH/c1-5-27(6-2)19-10-9-17(22(14-19)28-7-3)13-18(15-24)23-25-20-11-8-16(4)12-21(20)26-23;/h8-14H,5-7H2,1-4H3,(H,25,26);1H/p-1/b18-13+;. The second-order valence-corrected chi connectivity index (χ2v) is 6.60. The van der Waals surface area contributed by atoms with Gasteiger partial charge >= 0.3 is 0 Å². The smallest absolute Gasteiger partial charge is 0.149 e. The van der Waals surface area contributed by atoms with Crippen molar-refractivity contribution in [2.45, 2.75) is 27.7 Å². The van der Waals surface area contributed by atoms with Gasteiger partial charge in [-0.1, -0.05) is 6.07 Å². The van der Waals surface area contributed by atoms with Gasteiger partial charge in [0.15, 0.2) is 0 Å². The summed E-state index contributed by atoms with van der Waals surface area (Å²) in [6, 6.07) is 14.4. The molecule has 3 rings (SSSR count). The number of H-pyrrole nitrogens is 1. The van der Waals surface area contributed by atoms with Crippen molar-refractivity contribution in [1.29, 1.82) is 5.26 Å². The van der Waals surface area contributed by atoms with E-state index in [4.69, 9.17) is 4.74 Å². The van der Waals surface area contributed by atoms with Crippen molar-refractivity contribution >= 4 is 28.4 Å². The molecule has 6 heteroatoms. The fourth-order valence-electron chi connectivity index (χ4n) is 3.27. The van der Waals surface area contributed by atoms with E-state index in [9.17, 15) is 5.26 Å². The Bertz CT molecular complexity index is 1040. The van der Waals surface area contributed by atoms with Crippen LogP contribution < -0.4 is 22.0 Å². The molecule has 0 aliphatic rings. The molecule has 0 bridgehead atoms. The van der Waals surface area contributed by atoms with Gasteiger partial charge in [0.2, 0.25) is 0 Å². The lowest BCUT2D eigenvalue weighted by molar-refractivity contribution is -0.00000668. The van der Waals surface area contributed by atoms with Gasteiger partial charge in [-0.15, -0.1) is 0 Å². The van der Waals surface area contributed by atoms with Gasteiger partial charge in [0.1, 0.15) is 17.6 Å². The van der Waals surface area contributed by atoms with E-state index < -0.39 is 0 Å². The fourth-order valence-corrected chi connectivity index (χ4v) is 3.27. The third-order valence-electron chi connectivity index (χ3n) is 4.74. The Labute approximate surface area is 178 Å². The van der Waals surface area contributed by atoms with Gasteiger partial charge in [0.25, 0.3) is 0 Å². The van der Waals surface area contributed by atoms with Crippen LogP contribution in [0.5, 0.6) is 5.75 Å². The number of allylic oxidation sites excluding steroid dienone is 1. The number of ether oxygens (including phenoxy) is 1. The first-order valence-corrected chi connectivity index (χ1v) is 9.69. The first-order chi connectivity index (χ1) is 13.6. The number of halogens is 1. The molecule has 29 heavy (non-hydrogen) atoms. The summed E-state index contributed by atoms with van der Waals surface area (Å²) in [6.45, 7) is 10.7. The molecular weight excluding hydrogens is 384 g/mol. The van der Waals surface area contributed by atoms with Crippen LogP contribution in [0, 0.1) is 18.3 Å². The minimum atomic E-state index is 0. The number of fused-ring (bicyclic) bond motifs is 1. The number of imidazole rings is 1. The Morgan fingerprint density at radius 2 is 1.93 bits per heavy atom. The number of aromatic nitrogens is 2. The molecule has 0 aliphatic heterocycles. The van der Waals surface area contributed by atoms with Crippen LogP contribution in [-0.4, -0.2) is 29.7 Å². The number of aromatic amines is 1. The minimum Gasteiger partial charge on any atom is -1.00 e. The second-order valence-electron chi connectivity index (χ2n) is 6.60. The number of nitriles is 1. The van der Waals surface area contributed by atoms with Crippen LogP contribution >= 0.6 is 0 Å². The topological polar surface area (TPSA) is 64.9 Å². The van der Waals surface area contributed by atoms with Gasteiger partial charge in [0, 0.05) is 30.4 Å². The number of benzene rings is 2. The molecule has 0 fully saturated rings. The largest absolute Gasteiger partial charge is 1.00 e. The second kappa shape index (κ2) is 9.99. The highest BCUT2D eigenvalue weighted by molar-refractivity contribution is 5.91. The average Bonchev–Trinajstić information content (AvgIpc) is 3.11. The molecular formula is C23H26ClN4O-. The summed E-state index contributed by atoms with van der Waals surface area (Å²) in [5.74, 6) is 1.34. The SMILES string of the molecule is CCOc1cc(N(CC)CC)ccc1/C=C(\C#N)c1nc2ccc(C)cc2[nH]1.[Cl-]. The number of nitrogens with zero attached hydrogens (tertiary/aromatic N) is 3. The van der Waals surface area contributed by atoms with Gasteiger partial charge in [0.05, 0.1) is 23.2 Å². The van der Waals surface area contributed by atoms with E-state index in [2.05, 4.69) is 40.9 Å². The summed E-state index contributed by atoms with van der Waals surface area (Å²) < 4.78 is 5.86. The zero-order valence-corrected chi connectivity index (χ0v) is 18.0. The molecule has 0 saturated carbocycles. The lowest BCUT2D eigenvalue weighted by Crippen LogP contribution is -3.00. The number of aryl methyl sites for hydroxylation is 1. The quantitative estimate of drug-likeness (QED) is 0.607. The van der Waals surface area contributed by atoms with Crippen molar-refractivity contribution in [2.24, 2.45) is 0 Å². The first-order valence-electron chi connectivity index (χ1n) is 9.69. The van der Waals surface area contributed by atoms with E-state index >= 15 is 0 Å². The van der Waals surface area contributed by atoms with Crippen LogP contribution in [0.25, 0.3) is 22.7 Å². The Balaban J connectivity index is 0.00000300. The summed E-state index contributed by atoms with van der Waals surface area (Å²) in [7, 11) is 0. The Hall–Kier alpha value is -2.97. The van der Waals surface area contributed by atoms with Gasteiger partial charge < -0.3 is 27.0 Å². The van der Waals surface area contributed by atoms with Gasteiger partial charge in [-0.3, -0.25) is 0 Å². The third kappa shape index (κ3) is 4.90. The number of anilines is 1. The van der Waals surface area contributed by atoms with E-state index in [0.29, 0.717) is 18.0 Å². The summed E-state index contributed by atoms with van der Waals surface area (Å²) in [6.07, 6.45) is 1.83. The summed E-state index contributed by atoms with van der Waals surface area (Å²) >= 11 is 0. The number of hydrogen-bond acceptors (Lipinski definition) is 4. The minimum absolute atomic E-state index is 0. The van der Waals surface area contributed by atoms with Crippen molar-refractivity contribution in [2.75, 3.05) is 24.6 Å². The van der Waals surface area contributed by atoms with Crippen molar-refractivity contribution in [3.63, 3.8) is 0 Å². The Kier molecular flexibility index (Phi) is 7.69. The van der Waals surface area contributed by atoms with Crippen molar-refractivity contribution in [1.82, 2.24) is 9.97 Å². The molecule has 1 N–H and O–H groups in total. The number of nitrogens with one attached hydrogen (secondary N) is 1. The van der Waals surface area contributed by atoms with Crippen molar-refractivity contribution < 1.29 is 17.1 Å². The van der Waals surface area contributed by atoms with E-state index in [0.717, 1.165) is 46.7 Å². The lowest BCUT2D eigenvalue weighted by Gasteiger charge is -2.22. The van der Waals surface area contributed by atoms with E-state index in [1.165, 1.54) is 0 Å². The molecule has 1 heterocycles. The number of hydrogen-bond donors (Lipinski definition) is 1. The third-order valence-corrected chi connectivity index (χ3v) is 4.74. The molecule has 5 nitrogen and oxygen atoms in total. The predicted octanol–water partition coefficient (Wildman–Crippen LogP) is 2.18. The van der Waals surface area contributed by atoms with Gasteiger partial charge in [-0.2, -0.15) is 5.26 Å². The Morgan fingerprint density at radius 1 is 1.17 bits per heavy atom.